The highest BCUT2D eigenvalue weighted by atomic mass is 32.1. The van der Waals surface area contributed by atoms with Gasteiger partial charge >= 0.3 is 0 Å². The molecule has 1 aliphatic rings. The predicted octanol–water partition coefficient (Wildman–Crippen LogP) is 1.28. The molecule has 0 aliphatic carbocycles. The third-order valence-electron chi connectivity index (χ3n) is 3.31. The van der Waals surface area contributed by atoms with Crippen LogP contribution < -0.4 is 4.74 Å². The highest BCUT2D eigenvalue weighted by Gasteiger charge is 2.19. The number of hydrogen-bond acceptors (Lipinski definition) is 5. The average molecular weight is 304 g/mol. The van der Waals surface area contributed by atoms with Crippen LogP contribution in [0.3, 0.4) is 0 Å². The molecule has 0 radical (unpaired) electrons. The van der Waals surface area contributed by atoms with Gasteiger partial charge in [-0.3, -0.25) is 0 Å². The van der Waals surface area contributed by atoms with E-state index in [1.54, 1.807) is 18.1 Å². The molecule has 3 rings (SSSR count). The van der Waals surface area contributed by atoms with Crippen LogP contribution in [0.25, 0.3) is 5.69 Å². The summed E-state index contributed by atoms with van der Waals surface area (Å²) >= 11 is 5.47. The number of morpholine rings is 1. The van der Waals surface area contributed by atoms with E-state index in [4.69, 9.17) is 21.7 Å². The Labute approximate surface area is 128 Å². The fourth-order valence-corrected chi connectivity index (χ4v) is 2.48. The average Bonchev–Trinajstić information content (AvgIpc) is 3.04. The Balaban J connectivity index is 1.84. The van der Waals surface area contributed by atoms with Gasteiger partial charge in [0.15, 0.2) is 0 Å². The number of nitrogens with zero attached hydrogens (tertiary/aromatic N) is 4. The monoisotopic (exact) mass is 304 g/mol. The van der Waals surface area contributed by atoms with Gasteiger partial charge in [0.05, 0.1) is 20.3 Å². The normalized spacial score (nSPS) is 15.0. The molecular weight excluding hydrogens is 288 g/mol. The Morgan fingerprint density at radius 3 is 2.81 bits per heavy atom. The highest BCUT2D eigenvalue weighted by molar-refractivity contribution is 7.80. The number of thiocarbonyl (C=S) groups is 1. The molecule has 0 N–H and O–H groups in total. The van der Waals surface area contributed by atoms with Gasteiger partial charge < -0.3 is 14.4 Å². The Hall–Kier alpha value is -1.99. The maximum absolute atomic E-state index is 5.47. The van der Waals surface area contributed by atoms with E-state index in [9.17, 15) is 0 Å². The summed E-state index contributed by atoms with van der Waals surface area (Å²) in [5, 5.41) is 4.47. The van der Waals surface area contributed by atoms with Crippen molar-refractivity contribution >= 4 is 17.2 Å². The fraction of sp³-hybridized carbons (Fsp3) is 0.357. The Bertz CT molecular complexity index is 637. The summed E-state index contributed by atoms with van der Waals surface area (Å²) in [7, 11) is 1.63. The van der Waals surface area contributed by atoms with E-state index < -0.39 is 0 Å². The maximum atomic E-state index is 5.47. The lowest BCUT2D eigenvalue weighted by atomic mass is 10.3. The molecule has 0 bridgehead atoms. The van der Waals surface area contributed by atoms with Crippen LogP contribution in [0.2, 0.25) is 0 Å². The molecule has 0 amide bonds. The highest BCUT2D eigenvalue weighted by Crippen LogP contribution is 2.21. The first-order valence-electron chi connectivity index (χ1n) is 6.71. The zero-order valence-corrected chi connectivity index (χ0v) is 12.5. The smallest absolute Gasteiger partial charge is 0.209 e. The van der Waals surface area contributed by atoms with E-state index >= 15 is 0 Å². The van der Waals surface area contributed by atoms with Crippen LogP contribution in [0, 0.1) is 0 Å². The van der Waals surface area contributed by atoms with Crippen LogP contribution in [-0.2, 0) is 4.74 Å². The second-order valence-electron chi connectivity index (χ2n) is 4.59. The zero-order valence-electron chi connectivity index (χ0n) is 11.7. The SMILES string of the molecule is COc1ccccc1-n1cnc(C(=S)N2CCOCC2)n1. The quantitative estimate of drug-likeness (QED) is 0.796. The molecule has 0 spiro atoms. The van der Waals surface area contributed by atoms with Gasteiger partial charge in [0.1, 0.15) is 22.8 Å². The lowest BCUT2D eigenvalue weighted by molar-refractivity contribution is 0.0691. The number of methoxy groups -OCH3 is 1. The molecule has 21 heavy (non-hydrogen) atoms. The van der Waals surface area contributed by atoms with E-state index in [0.29, 0.717) is 24.0 Å². The minimum atomic E-state index is 0.554. The summed E-state index contributed by atoms with van der Waals surface area (Å²) < 4.78 is 12.3. The number of aromatic nitrogens is 3. The van der Waals surface area contributed by atoms with Crippen LogP contribution in [0.5, 0.6) is 5.75 Å². The van der Waals surface area contributed by atoms with Crippen molar-refractivity contribution in [1.82, 2.24) is 19.7 Å². The molecule has 1 saturated heterocycles. The summed E-state index contributed by atoms with van der Waals surface area (Å²) in [6.07, 6.45) is 1.65. The number of hydrogen-bond donors (Lipinski definition) is 0. The summed E-state index contributed by atoms with van der Waals surface area (Å²) in [6.45, 7) is 2.94. The second-order valence-corrected chi connectivity index (χ2v) is 4.98. The topological polar surface area (TPSA) is 52.4 Å². The van der Waals surface area contributed by atoms with E-state index in [-0.39, 0.29) is 0 Å². The number of rotatable bonds is 3. The van der Waals surface area contributed by atoms with E-state index in [1.807, 2.05) is 24.3 Å². The fourth-order valence-electron chi connectivity index (χ4n) is 2.20. The number of para-hydroxylation sites is 2. The molecule has 2 aromatic rings. The Kier molecular flexibility index (Phi) is 4.12. The second kappa shape index (κ2) is 6.19. The van der Waals surface area contributed by atoms with Crippen molar-refractivity contribution in [2.24, 2.45) is 0 Å². The zero-order chi connectivity index (χ0) is 14.7. The first-order chi connectivity index (χ1) is 10.3. The van der Waals surface area contributed by atoms with Crippen LogP contribution in [0.1, 0.15) is 5.82 Å². The molecule has 0 saturated carbocycles. The van der Waals surface area contributed by atoms with Crippen molar-refractivity contribution in [3.05, 3.63) is 36.4 Å². The van der Waals surface area contributed by atoms with E-state index in [1.165, 1.54) is 0 Å². The Morgan fingerprint density at radius 2 is 2.05 bits per heavy atom. The molecule has 0 atom stereocenters. The molecule has 110 valence electrons. The number of ether oxygens (including phenoxy) is 2. The summed E-state index contributed by atoms with van der Waals surface area (Å²) in [5.41, 5.74) is 0.837. The third-order valence-corrected chi connectivity index (χ3v) is 3.75. The van der Waals surface area contributed by atoms with Crippen LogP contribution in [0.15, 0.2) is 30.6 Å². The van der Waals surface area contributed by atoms with Crippen molar-refractivity contribution < 1.29 is 9.47 Å². The summed E-state index contributed by atoms with van der Waals surface area (Å²) in [6, 6.07) is 7.66. The van der Waals surface area contributed by atoms with Crippen molar-refractivity contribution in [3.63, 3.8) is 0 Å². The van der Waals surface area contributed by atoms with Gasteiger partial charge in [-0.25, -0.2) is 9.67 Å². The van der Waals surface area contributed by atoms with E-state index in [0.717, 1.165) is 24.5 Å². The minimum absolute atomic E-state index is 0.554. The van der Waals surface area contributed by atoms with Crippen LogP contribution in [0.4, 0.5) is 0 Å². The largest absolute Gasteiger partial charge is 0.494 e. The van der Waals surface area contributed by atoms with Gasteiger partial charge in [0.2, 0.25) is 5.82 Å². The number of benzene rings is 1. The summed E-state index contributed by atoms with van der Waals surface area (Å²) in [5.74, 6) is 1.30. The first-order valence-corrected chi connectivity index (χ1v) is 7.12. The van der Waals surface area contributed by atoms with Crippen molar-refractivity contribution in [3.8, 4) is 11.4 Å². The van der Waals surface area contributed by atoms with Crippen molar-refractivity contribution in [1.29, 1.82) is 0 Å². The molecule has 1 aliphatic heterocycles. The van der Waals surface area contributed by atoms with Crippen molar-refractivity contribution in [2.45, 2.75) is 0 Å². The maximum Gasteiger partial charge on any atom is 0.209 e. The molecule has 7 heteroatoms. The third kappa shape index (κ3) is 2.88. The van der Waals surface area contributed by atoms with E-state index in [2.05, 4.69) is 15.0 Å². The van der Waals surface area contributed by atoms with Gasteiger partial charge in [0.25, 0.3) is 0 Å². The first kappa shape index (κ1) is 14.0. The predicted molar refractivity (Wildman–Crippen MR) is 82.0 cm³/mol. The lowest BCUT2D eigenvalue weighted by Crippen LogP contribution is -2.40. The lowest BCUT2D eigenvalue weighted by Gasteiger charge is -2.27. The van der Waals surface area contributed by atoms with Crippen LogP contribution in [-0.4, -0.2) is 58.1 Å². The molecule has 1 aromatic heterocycles. The van der Waals surface area contributed by atoms with Crippen molar-refractivity contribution in [2.75, 3.05) is 33.4 Å². The molecule has 0 unspecified atom stereocenters. The summed E-state index contributed by atoms with van der Waals surface area (Å²) in [4.78, 5) is 7.05. The van der Waals surface area contributed by atoms with Gasteiger partial charge in [-0.15, -0.1) is 5.10 Å². The standard InChI is InChI=1S/C14H16N4O2S/c1-19-12-5-3-2-4-11(12)18-10-15-13(16-18)14(21)17-6-8-20-9-7-17/h2-5,10H,6-9H2,1H3. The minimum Gasteiger partial charge on any atom is -0.494 e. The molecule has 6 nitrogen and oxygen atoms in total. The van der Waals surface area contributed by atoms with Gasteiger partial charge in [-0.05, 0) is 12.1 Å². The van der Waals surface area contributed by atoms with Gasteiger partial charge in [0, 0.05) is 13.1 Å². The molecule has 1 aromatic carbocycles. The Morgan fingerprint density at radius 1 is 1.29 bits per heavy atom. The molecule has 2 heterocycles. The molecule has 1 fully saturated rings. The molecular formula is C14H16N4O2S. The van der Waals surface area contributed by atoms with Gasteiger partial charge in [-0.2, -0.15) is 0 Å². The van der Waals surface area contributed by atoms with Crippen LogP contribution >= 0.6 is 12.2 Å². The van der Waals surface area contributed by atoms with Gasteiger partial charge in [-0.1, -0.05) is 24.4 Å².